The summed E-state index contributed by atoms with van der Waals surface area (Å²) >= 11 is 1.31. The number of fused-ring (bicyclic) bond motifs is 1. The Morgan fingerprint density at radius 1 is 1.10 bits per heavy atom. The van der Waals surface area contributed by atoms with Crippen LogP contribution in [0, 0.1) is 0 Å². The molecule has 152 valence electrons. The topological polar surface area (TPSA) is 69.9 Å². The average molecular weight is 420 g/mol. The Balaban J connectivity index is 1.96. The molecule has 0 unspecified atom stereocenters. The zero-order chi connectivity index (χ0) is 21.3. The monoisotopic (exact) mass is 420 g/mol. The summed E-state index contributed by atoms with van der Waals surface area (Å²) in [4.78, 5) is 31.1. The summed E-state index contributed by atoms with van der Waals surface area (Å²) in [5, 5.41) is 0. The third-order valence-electron chi connectivity index (χ3n) is 4.96. The van der Waals surface area contributed by atoms with Crippen LogP contribution in [-0.4, -0.2) is 24.8 Å². The molecule has 0 bridgehead atoms. The number of carbonyl (C=O) groups is 1. The maximum Gasteiger partial charge on any atom is 0.338 e. The van der Waals surface area contributed by atoms with Crippen LogP contribution in [0.25, 0.3) is 6.08 Å². The van der Waals surface area contributed by atoms with Crippen molar-refractivity contribution in [3.8, 4) is 5.75 Å². The Hall–Kier alpha value is -3.45. The third kappa shape index (κ3) is 3.48. The molecule has 0 fully saturated rings. The first-order chi connectivity index (χ1) is 14.5. The molecular formula is C23H20N2O4S. The van der Waals surface area contributed by atoms with Gasteiger partial charge in [-0.05, 0) is 36.3 Å². The molecule has 7 heteroatoms. The summed E-state index contributed by atoms with van der Waals surface area (Å²) in [5.74, 6) is 0.185. The molecule has 4 rings (SSSR count). The summed E-state index contributed by atoms with van der Waals surface area (Å²) in [6, 6.07) is 16.3. The lowest BCUT2D eigenvalue weighted by Crippen LogP contribution is -2.39. The second kappa shape index (κ2) is 8.12. The summed E-state index contributed by atoms with van der Waals surface area (Å²) in [6.07, 6.45) is 1.84. The van der Waals surface area contributed by atoms with Crippen LogP contribution in [0.4, 0.5) is 0 Å². The zero-order valence-electron chi connectivity index (χ0n) is 16.8. The quantitative estimate of drug-likeness (QED) is 0.608. The highest BCUT2D eigenvalue weighted by Gasteiger charge is 2.33. The van der Waals surface area contributed by atoms with Crippen molar-refractivity contribution in [2.45, 2.75) is 13.0 Å². The predicted octanol–water partition coefficient (Wildman–Crippen LogP) is 2.42. The standard InChI is InChI=1S/C23H20N2O4S/c1-14-19(22(27)29-3)20(16-9-11-17(28-2)12-10-16)25-21(26)18(30-23(25)24-14)13-15-7-5-4-6-8-15/h4-13,20H,1-3H3/b18-13-/t20-/m0/s1. The van der Waals surface area contributed by atoms with E-state index >= 15 is 0 Å². The van der Waals surface area contributed by atoms with Crippen molar-refractivity contribution in [1.29, 1.82) is 0 Å². The van der Waals surface area contributed by atoms with Crippen molar-refractivity contribution in [2.75, 3.05) is 14.2 Å². The molecule has 30 heavy (non-hydrogen) atoms. The number of benzene rings is 2. The van der Waals surface area contributed by atoms with Gasteiger partial charge in [0.2, 0.25) is 0 Å². The van der Waals surface area contributed by atoms with Crippen molar-refractivity contribution in [3.63, 3.8) is 0 Å². The zero-order valence-corrected chi connectivity index (χ0v) is 17.6. The lowest BCUT2D eigenvalue weighted by molar-refractivity contribution is -0.136. The number of methoxy groups -OCH3 is 2. The molecule has 0 saturated heterocycles. The van der Waals surface area contributed by atoms with E-state index in [9.17, 15) is 9.59 Å². The molecular weight excluding hydrogens is 400 g/mol. The van der Waals surface area contributed by atoms with E-state index in [1.54, 1.807) is 30.7 Å². The third-order valence-corrected chi connectivity index (χ3v) is 5.94. The van der Waals surface area contributed by atoms with Crippen molar-refractivity contribution in [3.05, 3.63) is 96.7 Å². The molecule has 0 saturated carbocycles. The number of hydrogen-bond acceptors (Lipinski definition) is 6. The summed E-state index contributed by atoms with van der Waals surface area (Å²) < 4.78 is 12.4. The van der Waals surface area contributed by atoms with Crippen LogP contribution in [0.2, 0.25) is 0 Å². The Bertz CT molecular complexity index is 1300. The van der Waals surface area contributed by atoms with Crippen LogP contribution in [0.15, 0.2) is 75.7 Å². The number of aromatic nitrogens is 1. The predicted molar refractivity (Wildman–Crippen MR) is 115 cm³/mol. The number of thiazole rings is 1. The average Bonchev–Trinajstić information content (AvgIpc) is 3.07. The van der Waals surface area contributed by atoms with Crippen molar-refractivity contribution in [2.24, 2.45) is 4.99 Å². The fourth-order valence-corrected chi connectivity index (χ4v) is 4.54. The van der Waals surface area contributed by atoms with Crippen LogP contribution in [0.3, 0.4) is 0 Å². The van der Waals surface area contributed by atoms with Gasteiger partial charge in [-0.15, -0.1) is 0 Å². The molecule has 2 heterocycles. The molecule has 1 aliphatic heterocycles. The van der Waals surface area contributed by atoms with Gasteiger partial charge in [0.1, 0.15) is 5.75 Å². The van der Waals surface area contributed by atoms with Gasteiger partial charge >= 0.3 is 5.97 Å². The highest BCUT2D eigenvalue weighted by atomic mass is 32.1. The van der Waals surface area contributed by atoms with Crippen molar-refractivity contribution >= 4 is 23.4 Å². The van der Waals surface area contributed by atoms with Gasteiger partial charge in [-0.2, -0.15) is 0 Å². The maximum absolute atomic E-state index is 13.4. The molecule has 3 aromatic rings. The van der Waals surface area contributed by atoms with E-state index in [0.717, 1.165) is 11.1 Å². The normalized spacial score (nSPS) is 16.1. The molecule has 2 aromatic carbocycles. The van der Waals surface area contributed by atoms with Gasteiger partial charge in [-0.1, -0.05) is 53.8 Å². The summed E-state index contributed by atoms with van der Waals surface area (Å²) in [6.45, 7) is 1.76. The summed E-state index contributed by atoms with van der Waals surface area (Å²) in [7, 11) is 2.92. The number of hydrogen-bond donors (Lipinski definition) is 0. The molecule has 6 nitrogen and oxygen atoms in total. The van der Waals surface area contributed by atoms with Crippen LogP contribution >= 0.6 is 11.3 Å². The molecule has 1 aromatic heterocycles. The molecule has 0 spiro atoms. The van der Waals surface area contributed by atoms with Gasteiger partial charge in [0.25, 0.3) is 5.56 Å². The second-order valence-corrected chi connectivity index (χ2v) is 7.77. The number of ether oxygens (including phenoxy) is 2. The second-order valence-electron chi connectivity index (χ2n) is 6.76. The number of rotatable bonds is 4. The smallest absolute Gasteiger partial charge is 0.338 e. The Labute approximate surface area is 177 Å². The fourth-order valence-electron chi connectivity index (χ4n) is 3.49. The van der Waals surface area contributed by atoms with Crippen LogP contribution < -0.4 is 19.6 Å². The van der Waals surface area contributed by atoms with E-state index in [-0.39, 0.29) is 5.56 Å². The number of carbonyl (C=O) groups excluding carboxylic acids is 1. The van der Waals surface area contributed by atoms with Gasteiger partial charge in [0.05, 0.1) is 36.1 Å². The van der Waals surface area contributed by atoms with E-state index in [1.165, 1.54) is 18.4 Å². The minimum atomic E-state index is -0.627. The van der Waals surface area contributed by atoms with Gasteiger partial charge in [-0.3, -0.25) is 9.36 Å². The van der Waals surface area contributed by atoms with Crippen LogP contribution in [0.5, 0.6) is 5.75 Å². The van der Waals surface area contributed by atoms with E-state index in [1.807, 2.05) is 48.5 Å². The van der Waals surface area contributed by atoms with E-state index in [2.05, 4.69) is 4.99 Å². The first-order valence-corrected chi connectivity index (χ1v) is 10.1. The first-order valence-electron chi connectivity index (χ1n) is 9.33. The first kappa shape index (κ1) is 19.8. The van der Waals surface area contributed by atoms with Gasteiger partial charge in [0.15, 0.2) is 4.80 Å². The van der Waals surface area contributed by atoms with Gasteiger partial charge in [-0.25, -0.2) is 9.79 Å². The lowest BCUT2D eigenvalue weighted by atomic mass is 9.96. The molecule has 1 atom stereocenters. The summed E-state index contributed by atoms with van der Waals surface area (Å²) in [5.41, 5.74) is 2.39. The molecule has 0 amide bonds. The SMILES string of the molecule is COC(=O)C1=C(C)N=c2s/c(=C\c3ccccc3)c(=O)n2[C@H]1c1ccc(OC)cc1. The van der Waals surface area contributed by atoms with E-state index in [0.29, 0.717) is 26.4 Å². The molecule has 1 aliphatic rings. The Morgan fingerprint density at radius 3 is 2.43 bits per heavy atom. The van der Waals surface area contributed by atoms with Gasteiger partial charge in [0, 0.05) is 0 Å². The highest BCUT2D eigenvalue weighted by molar-refractivity contribution is 7.07. The van der Waals surface area contributed by atoms with E-state index in [4.69, 9.17) is 9.47 Å². The van der Waals surface area contributed by atoms with Crippen LogP contribution in [0.1, 0.15) is 24.1 Å². The van der Waals surface area contributed by atoms with Crippen LogP contribution in [-0.2, 0) is 9.53 Å². The fraction of sp³-hybridized carbons (Fsp3) is 0.174. The Kier molecular flexibility index (Phi) is 5.37. The van der Waals surface area contributed by atoms with Gasteiger partial charge < -0.3 is 9.47 Å². The van der Waals surface area contributed by atoms with E-state index < -0.39 is 12.0 Å². The number of allylic oxidation sites excluding steroid dienone is 1. The largest absolute Gasteiger partial charge is 0.497 e. The minimum Gasteiger partial charge on any atom is -0.497 e. The Morgan fingerprint density at radius 2 is 1.80 bits per heavy atom. The minimum absolute atomic E-state index is 0.197. The van der Waals surface area contributed by atoms with Crippen molar-refractivity contribution in [1.82, 2.24) is 4.57 Å². The number of esters is 1. The molecule has 0 radical (unpaired) electrons. The maximum atomic E-state index is 13.4. The highest BCUT2D eigenvalue weighted by Crippen LogP contribution is 2.31. The number of nitrogens with zero attached hydrogens (tertiary/aromatic N) is 2. The van der Waals surface area contributed by atoms with Crippen molar-refractivity contribution < 1.29 is 14.3 Å². The lowest BCUT2D eigenvalue weighted by Gasteiger charge is -2.24. The molecule has 0 aliphatic carbocycles. The molecule has 0 N–H and O–H groups in total.